The highest BCUT2D eigenvalue weighted by molar-refractivity contribution is 14.0. The third-order valence-corrected chi connectivity index (χ3v) is 4.32. The van der Waals surface area contributed by atoms with Gasteiger partial charge in [-0.3, -0.25) is 4.99 Å². The van der Waals surface area contributed by atoms with Gasteiger partial charge < -0.3 is 29.2 Å². The molecular formula is C18H27IN6O2. The Balaban J connectivity index is 0.00000261. The third kappa shape index (κ3) is 4.76. The molecule has 1 aliphatic rings. The van der Waals surface area contributed by atoms with E-state index in [2.05, 4.69) is 24.8 Å². The van der Waals surface area contributed by atoms with E-state index in [1.54, 1.807) is 7.05 Å². The standard InChI is InChI=1S/C18H26N6O2.HI/c1-19-17(20-9-14-10-21-18(22(2)3)24(14)5)23(4)11-13-6-7-15-16(8-13)26-12-25-15;/h6-8,10H,9,11-12H2,1-5H3,(H,19,20);1H. The van der Waals surface area contributed by atoms with Gasteiger partial charge in [-0.25, -0.2) is 4.98 Å². The lowest BCUT2D eigenvalue weighted by Crippen LogP contribution is -2.38. The van der Waals surface area contributed by atoms with Crippen molar-refractivity contribution in [2.24, 2.45) is 12.0 Å². The SMILES string of the molecule is CN=C(NCc1cnc(N(C)C)n1C)N(C)Cc1ccc2c(c1)OCO2.I. The summed E-state index contributed by atoms with van der Waals surface area (Å²) in [4.78, 5) is 12.9. The van der Waals surface area contributed by atoms with Crippen LogP contribution in [0.25, 0.3) is 0 Å². The lowest BCUT2D eigenvalue weighted by atomic mass is 10.2. The summed E-state index contributed by atoms with van der Waals surface area (Å²) in [7, 11) is 9.77. The summed E-state index contributed by atoms with van der Waals surface area (Å²) in [6, 6.07) is 6.00. The highest BCUT2D eigenvalue weighted by Crippen LogP contribution is 2.32. The first-order valence-corrected chi connectivity index (χ1v) is 8.48. The maximum absolute atomic E-state index is 5.45. The molecule has 1 aromatic carbocycles. The van der Waals surface area contributed by atoms with Crippen molar-refractivity contribution >= 4 is 35.9 Å². The monoisotopic (exact) mass is 486 g/mol. The van der Waals surface area contributed by atoms with Gasteiger partial charge in [-0.05, 0) is 17.7 Å². The van der Waals surface area contributed by atoms with Crippen LogP contribution in [0.5, 0.6) is 11.5 Å². The number of anilines is 1. The highest BCUT2D eigenvalue weighted by atomic mass is 127. The number of nitrogens with zero attached hydrogens (tertiary/aromatic N) is 5. The molecule has 3 rings (SSSR count). The Morgan fingerprint density at radius 1 is 1.26 bits per heavy atom. The molecule has 9 heteroatoms. The second-order valence-corrected chi connectivity index (χ2v) is 6.45. The Kier molecular flexibility index (Phi) is 7.17. The van der Waals surface area contributed by atoms with Gasteiger partial charge in [-0.2, -0.15) is 0 Å². The minimum Gasteiger partial charge on any atom is -0.454 e. The molecule has 0 atom stereocenters. The fraction of sp³-hybridized carbons (Fsp3) is 0.444. The fourth-order valence-electron chi connectivity index (χ4n) is 2.96. The fourth-order valence-corrected chi connectivity index (χ4v) is 2.96. The van der Waals surface area contributed by atoms with Crippen LogP contribution < -0.4 is 19.7 Å². The zero-order valence-corrected chi connectivity index (χ0v) is 18.7. The topological polar surface area (TPSA) is 67.2 Å². The van der Waals surface area contributed by atoms with Gasteiger partial charge in [0.1, 0.15) is 0 Å². The van der Waals surface area contributed by atoms with Gasteiger partial charge in [0, 0.05) is 41.8 Å². The normalized spacial score (nSPS) is 12.6. The Hall–Kier alpha value is -2.17. The molecule has 0 radical (unpaired) electrons. The van der Waals surface area contributed by atoms with Gasteiger partial charge in [-0.1, -0.05) is 6.07 Å². The summed E-state index contributed by atoms with van der Waals surface area (Å²) < 4.78 is 12.9. The maximum atomic E-state index is 5.45. The van der Waals surface area contributed by atoms with E-state index in [1.807, 2.05) is 57.5 Å². The Morgan fingerprint density at radius 3 is 2.67 bits per heavy atom. The van der Waals surface area contributed by atoms with Crippen LogP contribution in [0.1, 0.15) is 11.3 Å². The van der Waals surface area contributed by atoms with Gasteiger partial charge in [0.25, 0.3) is 0 Å². The van der Waals surface area contributed by atoms with E-state index in [4.69, 9.17) is 9.47 Å². The second-order valence-electron chi connectivity index (χ2n) is 6.45. The first-order chi connectivity index (χ1) is 12.5. The van der Waals surface area contributed by atoms with E-state index < -0.39 is 0 Å². The molecule has 0 saturated heterocycles. The van der Waals surface area contributed by atoms with Crippen molar-refractivity contribution in [1.82, 2.24) is 19.8 Å². The number of guanidine groups is 1. The number of hydrogen-bond donors (Lipinski definition) is 1. The predicted octanol–water partition coefficient (Wildman–Crippen LogP) is 2.04. The van der Waals surface area contributed by atoms with Crippen molar-refractivity contribution in [2.45, 2.75) is 13.1 Å². The van der Waals surface area contributed by atoms with Gasteiger partial charge in [-0.15, -0.1) is 24.0 Å². The van der Waals surface area contributed by atoms with Crippen LogP contribution in [0.2, 0.25) is 0 Å². The highest BCUT2D eigenvalue weighted by Gasteiger charge is 2.15. The average molecular weight is 486 g/mol. The van der Waals surface area contributed by atoms with Crippen LogP contribution in [0.15, 0.2) is 29.4 Å². The van der Waals surface area contributed by atoms with E-state index in [9.17, 15) is 0 Å². The Bertz CT molecular complexity index is 805. The van der Waals surface area contributed by atoms with E-state index >= 15 is 0 Å². The number of benzene rings is 1. The summed E-state index contributed by atoms with van der Waals surface area (Å²) in [5, 5.41) is 3.39. The number of hydrogen-bond acceptors (Lipinski definition) is 5. The van der Waals surface area contributed by atoms with Crippen LogP contribution >= 0.6 is 24.0 Å². The molecule has 0 unspecified atom stereocenters. The zero-order chi connectivity index (χ0) is 18.7. The van der Waals surface area contributed by atoms with Crippen molar-refractivity contribution in [1.29, 1.82) is 0 Å². The van der Waals surface area contributed by atoms with Gasteiger partial charge in [0.15, 0.2) is 17.5 Å². The van der Waals surface area contributed by atoms with E-state index in [0.717, 1.165) is 34.7 Å². The quantitative estimate of drug-likeness (QED) is 0.397. The van der Waals surface area contributed by atoms with E-state index in [0.29, 0.717) is 13.1 Å². The van der Waals surface area contributed by atoms with E-state index in [-0.39, 0.29) is 30.8 Å². The molecule has 27 heavy (non-hydrogen) atoms. The number of aliphatic imine (C=N–C) groups is 1. The van der Waals surface area contributed by atoms with Crippen molar-refractivity contribution in [3.8, 4) is 11.5 Å². The summed E-state index contributed by atoms with van der Waals surface area (Å²) >= 11 is 0. The van der Waals surface area contributed by atoms with Crippen molar-refractivity contribution < 1.29 is 9.47 Å². The zero-order valence-electron chi connectivity index (χ0n) is 16.4. The van der Waals surface area contributed by atoms with Crippen molar-refractivity contribution in [3.63, 3.8) is 0 Å². The number of nitrogens with one attached hydrogen (secondary N) is 1. The van der Waals surface area contributed by atoms with Crippen molar-refractivity contribution in [3.05, 3.63) is 35.7 Å². The summed E-state index contributed by atoms with van der Waals surface area (Å²) in [6.07, 6.45) is 1.88. The molecule has 1 aromatic heterocycles. The molecule has 0 fully saturated rings. The molecular weight excluding hydrogens is 459 g/mol. The first-order valence-electron chi connectivity index (χ1n) is 8.48. The van der Waals surface area contributed by atoms with Gasteiger partial charge in [0.2, 0.25) is 12.7 Å². The Labute approximate surface area is 177 Å². The van der Waals surface area contributed by atoms with Crippen LogP contribution in [-0.2, 0) is 20.1 Å². The number of ether oxygens (including phenoxy) is 2. The minimum atomic E-state index is 0. The summed E-state index contributed by atoms with van der Waals surface area (Å²) in [5.41, 5.74) is 2.22. The molecule has 2 heterocycles. The van der Waals surface area contributed by atoms with Crippen molar-refractivity contribution in [2.75, 3.05) is 39.9 Å². The molecule has 0 spiro atoms. The maximum Gasteiger partial charge on any atom is 0.231 e. The van der Waals surface area contributed by atoms with Gasteiger partial charge >= 0.3 is 0 Å². The number of imidazole rings is 1. The molecule has 8 nitrogen and oxygen atoms in total. The molecule has 0 aliphatic carbocycles. The van der Waals surface area contributed by atoms with Crippen LogP contribution in [0.3, 0.4) is 0 Å². The second kappa shape index (κ2) is 9.16. The first kappa shape index (κ1) is 21.1. The van der Waals surface area contributed by atoms with Crippen LogP contribution in [0, 0.1) is 0 Å². The lowest BCUT2D eigenvalue weighted by Gasteiger charge is -2.22. The number of fused-ring (bicyclic) bond motifs is 1. The summed E-state index contributed by atoms with van der Waals surface area (Å²) in [5.74, 6) is 3.33. The molecule has 1 N–H and O–H groups in total. The molecule has 2 aromatic rings. The summed E-state index contributed by atoms with van der Waals surface area (Å²) in [6.45, 7) is 1.65. The number of rotatable bonds is 5. The predicted molar refractivity (Wildman–Crippen MR) is 117 cm³/mol. The number of aromatic nitrogens is 2. The van der Waals surface area contributed by atoms with E-state index in [1.165, 1.54) is 0 Å². The van der Waals surface area contributed by atoms with Crippen LogP contribution in [0.4, 0.5) is 5.95 Å². The largest absolute Gasteiger partial charge is 0.454 e. The molecule has 0 saturated carbocycles. The molecule has 1 aliphatic heterocycles. The molecule has 0 amide bonds. The van der Waals surface area contributed by atoms with Gasteiger partial charge in [0.05, 0.1) is 18.4 Å². The Morgan fingerprint density at radius 2 is 2.00 bits per heavy atom. The molecule has 148 valence electrons. The minimum absolute atomic E-state index is 0. The molecule has 0 bridgehead atoms. The smallest absolute Gasteiger partial charge is 0.231 e. The average Bonchev–Trinajstić information content (AvgIpc) is 3.21. The lowest BCUT2D eigenvalue weighted by molar-refractivity contribution is 0.174. The number of halogens is 1. The van der Waals surface area contributed by atoms with Crippen LogP contribution in [-0.4, -0.2) is 55.4 Å². The third-order valence-electron chi connectivity index (χ3n) is 4.32.